The number of esters is 1. The van der Waals surface area contributed by atoms with Crippen LogP contribution in [-0.4, -0.2) is 68.1 Å². The molecule has 0 aliphatic rings. The number of carbonyl (C=O) groups excluding carboxylic acids is 2. The molecule has 0 bridgehead atoms. The van der Waals surface area contributed by atoms with Gasteiger partial charge >= 0.3 is 5.97 Å². The molecular weight excluding hydrogens is 490 g/mol. The van der Waals surface area contributed by atoms with Crippen LogP contribution in [-0.2, 0) is 11.3 Å². The fourth-order valence-electron chi connectivity index (χ4n) is 4.05. The minimum atomic E-state index is -0.675. The molecule has 39 heavy (non-hydrogen) atoms. The van der Waals surface area contributed by atoms with Crippen molar-refractivity contribution in [2.24, 2.45) is 0 Å². The van der Waals surface area contributed by atoms with Gasteiger partial charge < -0.3 is 24.6 Å². The average molecular weight is 532 g/mol. The highest BCUT2D eigenvalue weighted by Crippen LogP contribution is 2.29. The molecule has 0 aliphatic carbocycles. The van der Waals surface area contributed by atoms with Crippen LogP contribution in [0.1, 0.15) is 54.0 Å². The lowest BCUT2D eigenvalue weighted by atomic mass is 10.0. The van der Waals surface area contributed by atoms with Crippen molar-refractivity contribution >= 4 is 17.6 Å². The highest BCUT2D eigenvalue weighted by Gasteiger charge is 2.23. The Labute approximate surface area is 232 Å². The zero-order chi connectivity index (χ0) is 28.6. The number of hydrogen-bond acceptors (Lipinski definition) is 6. The minimum Gasteiger partial charge on any atom is -0.493 e. The molecule has 1 amide bonds. The van der Waals surface area contributed by atoms with Gasteiger partial charge in [-0.25, -0.2) is 4.79 Å². The summed E-state index contributed by atoms with van der Waals surface area (Å²) < 4.78 is 11.4. The molecule has 7 nitrogen and oxygen atoms in total. The Morgan fingerprint density at radius 1 is 0.846 bits per heavy atom. The van der Waals surface area contributed by atoms with Gasteiger partial charge in [-0.05, 0) is 89.8 Å². The molecule has 0 aromatic heterocycles. The van der Waals surface area contributed by atoms with Crippen LogP contribution in [0.4, 0.5) is 5.69 Å². The lowest BCUT2D eigenvalue weighted by Crippen LogP contribution is -2.28. The number of rotatable bonds is 11. The molecule has 0 saturated heterocycles. The third-order valence-electron chi connectivity index (χ3n) is 5.96. The van der Waals surface area contributed by atoms with Gasteiger partial charge in [0.2, 0.25) is 0 Å². The molecule has 3 rings (SSSR count). The number of hydrogen-bond donors (Lipinski definition) is 1. The van der Waals surface area contributed by atoms with Crippen LogP contribution in [0.15, 0.2) is 66.7 Å². The second kappa shape index (κ2) is 13.4. The summed E-state index contributed by atoms with van der Waals surface area (Å²) >= 11 is 0. The Balaban J connectivity index is 1.96. The molecule has 0 radical (unpaired) electrons. The molecule has 0 spiro atoms. The number of benzene rings is 3. The summed E-state index contributed by atoms with van der Waals surface area (Å²) in [4.78, 5) is 31.1. The van der Waals surface area contributed by atoms with E-state index in [1.807, 2.05) is 102 Å². The second-order valence-corrected chi connectivity index (χ2v) is 10.9. The van der Waals surface area contributed by atoms with Crippen LogP contribution >= 0.6 is 0 Å². The van der Waals surface area contributed by atoms with E-state index in [1.165, 1.54) is 0 Å². The summed E-state index contributed by atoms with van der Waals surface area (Å²) in [6, 6.07) is 20.9. The SMILES string of the molecule is CCOc1ccc(CN(C)CCN(C)C)cc1C(=O)Nc1cc(-c2ccccc2)ccc1C(=O)OC(C)(C)C. The molecule has 7 heteroatoms. The average Bonchev–Trinajstić information content (AvgIpc) is 2.88. The molecule has 0 fully saturated rings. The second-order valence-electron chi connectivity index (χ2n) is 10.9. The van der Waals surface area contributed by atoms with Gasteiger partial charge in [-0.2, -0.15) is 0 Å². The van der Waals surface area contributed by atoms with E-state index in [9.17, 15) is 9.59 Å². The van der Waals surface area contributed by atoms with Crippen molar-refractivity contribution in [3.05, 3.63) is 83.4 Å². The fourth-order valence-corrected chi connectivity index (χ4v) is 4.05. The van der Waals surface area contributed by atoms with E-state index in [0.29, 0.717) is 30.2 Å². The highest BCUT2D eigenvalue weighted by molar-refractivity contribution is 6.10. The smallest absolute Gasteiger partial charge is 0.340 e. The standard InChI is InChI=1S/C32H41N3O4/c1-8-38-29-17-14-23(22-35(7)19-18-34(5)6)20-27(29)30(36)33-28-21-25(24-12-10-9-11-13-24)15-16-26(28)31(37)39-32(2,3)4/h9-17,20-21H,8,18-19,22H2,1-7H3,(H,33,36). The minimum absolute atomic E-state index is 0.287. The van der Waals surface area contributed by atoms with Crippen LogP contribution in [0.5, 0.6) is 5.75 Å². The molecule has 0 atom stereocenters. The summed E-state index contributed by atoms with van der Waals surface area (Å²) in [7, 11) is 6.15. The Morgan fingerprint density at radius 3 is 2.21 bits per heavy atom. The van der Waals surface area contributed by atoms with E-state index in [4.69, 9.17) is 9.47 Å². The number of amides is 1. The summed E-state index contributed by atoms with van der Waals surface area (Å²) in [5.74, 6) is -0.363. The molecule has 3 aromatic carbocycles. The van der Waals surface area contributed by atoms with Crippen molar-refractivity contribution in [2.75, 3.05) is 46.2 Å². The molecule has 0 heterocycles. The largest absolute Gasteiger partial charge is 0.493 e. The predicted molar refractivity (Wildman–Crippen MR) is 157 cm³/mol. The third-order valence-corrected chi connectivity index (χ3v) is 5.96. The summed E-state index contributed by atoms with van der Waals surface area (Å²) in [5, 5.41) is 2.98. The normalized spacial score (nSPS) is 11.5. The zero-order valence-corrected chi connectivity index (χ0v) is 24.2. The summed E-state index contributed by atoms with van der Waals surface area (Å²) in [5.41, 5.74) is 3.25. The van der Waals surface area contributed by atoms with Gasteiger partial charge in [-0.1, -0.05) is 42.5 Å². The third kappa shape index (κ3) is 8.94. The zero-order valence-electron chi connectivity index (χ0n) is 24.2. The van der Waals surface area contributed by atoms with Gasteiger partial charge in [0, 0.05) is 19.6 Å². The Morgan fingerprint density at radius 2 is 1.56 bits per heavy atom. The van der Waals surface area contributed by atoms with Crippen molar-refractivity contribution in [1.29, 1.82) is 0 Å². The van der Waals surface area contributed by atoms with Gasteiger partial charge in [0.05, 0.1) is 23.4 Å². The highest BCUT2D eigenvalue weighted by atomic mass is 16.6. The maximum Gasteiger partial charge on any atom is 0.340 e. The van der Waals surface area contributed by atoms with Gasteiger partial charge in [0.25, 0.3) is 5.91 Å². The van der Waals surface area contributed by atoms with Crippen molar-refractivity contribution in [1.82, 2.24) is 9.80 Å². The quantitative estimate of drug-likeness (QED) is 0.308. The summed E-state index contributed by atoms with van der Waals surface area (Å²) in [6.45, 7) is 10.3. The Bertz CT molecular complexity index is 1270. The number of nitrogens with zero attached hydrogens (tertiary/aromatic N) is 2. The maximum absolute atomic E-state index is 13.7. The van der Waals surface area contributed by atoms with Crippen molar-refractivity contribution in [2.45, 2.75) is 39.8 Å². The van der Waals surface area contributed by atoms with Gasteiger partial charge in [0.15, 0.2) is 0 Å². The van der Waals surface area contributed by atoms with Gasteiger partial charge in [-0.15, -0.1) is 0 Å². The number of carbonyl (C=O) groups is 2. The molecule has 208 valence electrons. The lowest BCUT2D eigenvalue weighted by molar-refractivity contribution is 0.00707. The van der Waals surface area contributed by atoms with E-state index in [1.54, 1.807) is 6.07 Å². The number of nitrogens with one attached hydrogen (secondary N) is 1. The van der Waals surface area contributed by atoms with E-state index >= 15 is 0 Å². The van der Waals surface area contributed by atoms with Crippen LogP contribution in [0.2, 0.25) is 0 Å². The molecule has 1 N–H and O–H groups in total. The number of likely N-dealkylation sites (N-methyl/N-ethyl adjacent to an activating group) is 2. The van der Waals surface area contributed by atoms with Crippen LogP contribution in [0.3, 0.4) is 0 Å². The van der Waals surface area contributed by atoms with Crippen LogP contribution in [0.25, 0.3) is 11.1 Å². The summed E-state index contributed by atoms with van der Waals surface area (Å²) in [6.07, 6.45) is 0. The maximum atomic E-state index is 13.7. The number of ether oxygens (including phenoxy) is 2. The van der Waals surface area contributed by atoms with Crippen molar-refractivity contribution in [3.8, 4) is 16.9 Å². The Hall–Kier alpha value is -3.68. The van der Waals surface area contributed by atoms with E-state index in [2.05, 4.69) is 22.2 Å². The first-order chi connectivity index (χ1) is 18.5. The molecule has 0 aliphatic heterocycles. The lowest BCUT2D eigenvalue weighted by Gasteiger charge is -2.21. The van der Waals surface area contributed by atoms with Gasteiger partial charge in [-0.3, -0.25) is 4.79 Å². The first-order valence-electron chi connectivity index (χ1n) is 13.3. The van der Waals surface area contributed by atoms with Gasteiger partial charge in [0.1, 0.15) is 11.4 Å². The van der Waals surface area contributed by atoms with Crippen molar-refractivity contribution in [3.63, 3.8) is 0 Å². The van der Waals surface area contributed by atoms with E-state index in [0.717, 1.165) is 29.8 Å². The Kier molecular flexibility index (Phi) is 10.3. The van der Waals surface area contributed by atoms with E-state index < -0.39 is 11.6 Å². The van der Waals surface area contributed by atoms with Crippen molar-refractivity contribution < 1.29 is 19.1 Å². The van der Waals surface area contributed by atoms with Crippen LogP contribution in [0, 0.1) is 0 Å². The topological polar surface area (TPSA) is 71.1 Å². The molecule has 0 saturated carbocycles. The molecule has 3 aromatic rings. The molecular formula is C32H41N3O4. The monoisotopic (exact) mass is 531 g/mol. The number of anilines is 1. The fraction of sp³-hybridized carbons (Fsp3) is 0.375. The van der Waals surface area contributed by atoms with Crippen LogP contribution < -0.4 is 10.1 Å². The van der Waals surface area contributed by atoms with E-state index in [-0.39, 0.29) is 11.5 Å². The first kappa shape index (κ1) is 29.9. The predicted octanol–water partition coefficient (Wildman–Crippen LogP) is 5.95. The molecule has 0 unspecified atom stereocenters. The first-order valence-corrected chi connectivity index (χ1v) is 13.3.